The first-order valence-corrected chi connectivity index (χ1v) is 8.79. The maximum Gasteiger partial charge on any atom is 0.0594 e. The van der Waals surface area contributed by atoms with Gasteiger partial charge in [0.1, 0.15) is 0 Å². The average Bonchev–Trinajstić information content (AvgIpc) is 3.04. The molecule has 1 atom stereocenters. The van der Waals surface area contributed by atoms with Gasteiger partial charge in [0.05, 0.1) is 12.7 Å². The first-order chi connectivity index (χ1) is 10.3. The molecule has 1 aromatic rings. The summed E-state index contributed by atoms with van der Waals surface area (Å²) in [4.78, 5) is 0. The third kappa shape index (κ3) is 4.08. The van der Waals surface area contributed by atoms with E-state index in [-0.39, 0.29) is 0 Å². The van der Waals surface area contributed by atoms with Crippen LogP contribution in [0.4, 0.5) is 0 Å². The summed E-state index contributed by atoms with van der Waals surface area (Å²) in [6.45, 7) is 4.06. The molecule has 2 aliphatic carbocycles. The van der Waals surface area contributed by atoms with Crippen molar-refractivity contribution in [2.45, 2.75) is 70.4 Å². The first kappa shape index (κ1) is 15.1. The predicted molar refractivity (Wildman–Crippen MR) is 87.7 cm³/mol. The zero-order valence-electron chi connectivity index (χ0n) is 13.4. The van der Waals surface area contributed by atoms with Crippen LogP contribution in [0.5, 0.6) is 0 Å². The Morgan fingerprint density at radius 1 is 1.10 bits per heavy atom. The standard InChI is InChI=1S/C19H29NO/c1-15(20-12-13-21-19-8-4-5-9-19)17-11-10-16-6-2-3-7-18(16)14-17/h10-11,14-15,19-20H,2-9,12-13H2,1H3. The monoisotopic (exact) mass is 287 g/mol. The minimum absolute atomic E-state index is 0.421. The Labute approximate surface area is 129 Å². The molecule has 0 spiro atoms. The molecule has 2 aliphatic rings. The van der Waals surface area contributed by atoms with Crippen molar-refractivity contribution < 1.29 is 4.74 Å². The summed E-state index contributed by atoms with van der Waals surface area (Å²) in [5, 5.41) is 3.60. The number of nitrogens with one attached hydrogen (secondary N) is 1. The van der Waals surface area contributed by atoms with Crippen molar-refractivity contribution in [3.8, 4) is 0 Å². The predicted octanol–water partition coefficient (Wildman–Crippen LogP) is 4.18. The lowest BCUT2D eigenvalue weighted by atomic mass is 9.89. The highest BCUT2D eigenvalue weighted by Crippen LogP contribution is 2.25. The molecule has 3 rings (SSSR count). The molecule has 0 bridgehead atoms. The third-order valence-corrected chi connectivity index (χ3v) is 5.08. The molecule has 0 heterocycles. The van der Waals surface area contributed by atoms with E-state index in [4.69, 9.17) is 4.74 Å². The van der Waals surface area contributed by atoms with Crippen molar-refractivity contribution in [1.82, 2.24) is 5.32 Å². The quantitative estimate of drug-likeness (QED) is 0.793. The van der Waals surface area contributed by atoms with Crippen LogP contribution in [0, 0.1) is 0 Å². The maximum absolute atomic E-state index is 5.92. The van der Waals surface area contributed by atoms with Crippen LogP contribution < -0.4 is 5.32 Å². The third-order valence-electron chi connectivity index (χ3n) is 5.08. The van der Waals surface area contributed by atoms with Gasteiger partial charge in [-0.1, -0.05) is 31.0 Å². The minimum Gasteiger partial charge on any atom is -0.377 e. The zero-order chi connectivity index (χ0) is 14.5. The second-order valence-corrected chi connectivity index (χ2v) is 6.69. The Balaban J connectivity index is 1.45. The van der Waals surface area contributed by atoms with Gasteiger partial charge in [-0.25, -0.2) is 0 Å². The second-order valence-electron chi connectivity index (χ2n) is 6.69. The van der Waals surface area contributed by atoms with Crippen LogP contribution in [-0.2, 0) is 17.6 Å². The van der Waals surface area contributed by atoms with Crippen molar-refractivity contribution in [1.29, 1.82) is 0 Å². The molecule has 0 saturated heterocycles. The van der Waals surface area contributed by atoms with Crippen LogP contribution in [-0.4, -0.2) is 19.3 Å². The van der Waals surface area contributed by atoms with Gasteiger partial charge in [-0.2, -0.15) is 0 Å². The lowest BCUT2D eigenvalue weighted by Crippen LogP contribution is -2.25. The van der Waals surface area contributed by atoms with Gasteiger partial charge in [0.15, 0.2) is 0 Å². The van der Waals surface area contributed by atoms with E-state index < -0.39 is 0 Å². The van der Waals surface area contributed by atoms with Crippen LogP contribution in [0.25, 0.3) is 0 Å². The SMILES string of the molecule is CC(NCCOC1CCCC1)c1ccc2c(c1)CCCC2. The Kier molecular flexibility index (Phi) is 5.32. The van der Waals surface area contributed by atoms with Gasteiger partial charge in [0, 0.05) is 12.6 Å². The molecule has 0 radical (unpaired) electrons. The summed E-state index contributed by atoms with van der Waals surface area (Å²) in [5.74, 6) is 0. The molecule has 1 unspecified atom stereocenters. The highest BCUT2D eigenvalue weighted by Gasteiger charge is 2.15. The number of rotatable bonds is 6. The maximum atomic E-state index is 5.92. The lowest BCUT2D eigenvalue weighted by Gasteiger charge is -2.20. The summed E-state index contributed by atoms with van der Waals surface area (Å²) < 4.78 is 5.92. The van der Waals surface area contributed by atoms with E-state index in [1.165, 1.54) is 56.9 Å². The number of aryl methyl sites for hydroxylation is 2. The number of hydrogen-bond donors (Lipinski definition) is 1. The summed E-state index contributed by atoms with van der Waals surface area (Å²) >= 11 is 0. The molecular formula is C19H29NO. The van der Waals surface area contributed by atoms with Crippen molar-refractivity contribution in [3.63, 3.8) is 0 Å². The summed E-state index contributed by atoms with van der Waals surface area (Å²) in [7, 11) is 0. The molecule has 2 nitrogen and oxygen atoms in total. The minimum atomic E-state index is 0.421. The van der Waals surface area contributed by atoms with Crippen LogP contribution in [0.2, 0.25) is 0 Å². The number of hydrogen-bond acceptors (Lipinski definition) is 2. The number of fused-ring (bicyclic) bond motifs is 1. The van der Waals surface area contributed by atoms with Crippen LogP contribution >= 0.6 is 0 Å². The molecule has 1 fully saturated rings. The van der Waals surface area contributed by atoms with Gasteiger partial charge in [0.2, 0.25) is 0 Å². The van der Waals surface area contributed by atoms with E-state index in [0.717, 1.165) is 13.2 Å². The Morgan fingerprint density at radius 3 is 2.67 bits per heavy atom. The molecular weight excluding hydrogens is 258 g/mol. The fraction of sp³-hybridized carbons (Fsp3) is 0.684. The van der Waals surface area contributed by atoms with Crippen molar-refractivity contribution in [2.24, 2.45) is 0 Å². The normalized spacial score (nSPS) is 20.4. The van der Waals surface area contributed by atoms with Crippen molar-refractivity contribution in [2.75, 3.05) is 13.2 Å². The first-order valence-electron chi connectivity index (χ1n) is 8.79. The Morgan fingerprint density at radius 2 is 1.86 bits per heavy atom. The fourth-order valence-electron chi connectivity index (χ4n) is 3.70. The van der Waals surface area contributed by atoms with Crippen LogP contribution in [0.15, 0.2) is 18.2 Å². The molecule has 0 amide bonds. The molecule has 1 aromatic carbocycles. The van der Waals surface area contributed by atoms with E-state index >= 15 is 0 Å². The van der Waals surface area contributed by atoms with Crippen LogP contribution in [0.1, 0.15) is 68.2 Å². The van der Waals surface area contributed by atoms with Gasteiger partial charge in [-0.15, -0.1) is 0 Å². The highest BCUT2D eigenvalue weighted by atomic mass is 16.5. The summed E-state index contributed by atoms with van der Waals surface area (Å²) in [5.41, 5.74) is 4.58. The number of benzene rings is 1. The zero-order valence-corrected chi connectivity index (χ0v) is 13.4. The highest BCUT2D eigenvalue weighted by molar-refractivity contribution is 5.35. The number of ether oxygens (including phenoxy) is 1. The van der Waals surface area contributed by atoms with E-state index in [9.17, 15) is 0 Å². The van der Waals surface area contributed by atoms with E-state index in [0.29, 0.717) is 12.1 Å². The van der Waals surface area contributed by atoms with Gasteiger partial charge < -0.3 is 10.1 Å². The van der Waals surface area contributed by atoms with Crippen molar-refractivity contribution >= 4 is 0 Å². The summed E-state index contributed by atoms with van der Waals surface area (Å²) in [6.07, 6.45) is 11.0. The largest absolute Gasteiger partial charge is 0.377 e. The summed E-state index contributed by atoms with van der Waals surface area (Å²) in [6, 6.07) is 7.49. The van der Waals surface area contributed by atoms with E-state index in [2.05, 4.69) is 30.4 Å². The smallest absolute Gasteiger partial charge is 0.0594 e. The molecule has 1 N–H and O–H groups in total. The van der Waals surface area contributed by atoms with Crippen molar-refractivity contribution in [3.05, 3.63) is 34.9 Å². The molecule has 0 aliphatic heterocycles. The molecule has 1 saturated carbocycles. The van der Waals surface area contributed by atoms with E-state index in [1.807, 2.05) is 0 Å². The molecule has 0 aromatic heterocycles. The lowest BCUT2D eigenvalue weighted by molar-refractivity contribution is 0.0593. The van der Waals surface area contributed by atoms with Gasteiger partial charge >= 0.3 is 0 Å². The second kappa shape index (κ2) is 7.42. The van der Waals surface area contributed by atoms with Gasteiger partial charge in [0.25, 0.3) is 0 Å². The molecule has 116 valence electrons. The van der Waals surface area contributed by atoms with Crippen LogP contribution in [0.3, 0.4) is 0 Å². The topological polar surface area (TPSA) is 21.3 Å². The molecule has 21 heavy (non-hydrogen) atoms. The average molecular weight is 287 g/mol. The Bertz CT molecular complexity index is 451. The Hall–Kier alpha value is -0.860. The van der Waals surface area contributed by atoms with Gasteiger partial charge in [-0.3, -0.25) is 0 Å². The fourth-order valence-corrected chi connectivity index (χ4v) is 3.70. The van der Waals surface area contributed by atoms with E-state index in [1.54, 1.807) is 11.1 Å². The molecule has 2 heteroatoms. The van der Waals surface area contributed by atoms with Gasteiger partial charge in [-0.05, 0) is 62.1 Å².